The summed E-state index contributed by atoms with van der Waals surface area (Å²) >= 11 is 0. The Labute approximate surface area is 284 Å². The first kappa shape index (κ1) is 32.8. The van der Waals surface area contributed by atoms with E-state index in [1.807, 2.05) is 97.9 Å². The summed E-state index contributed by atoms with van der Waals surface area (Å²) in [5, 5.41) is 14.4. The van der Waals surface area contributed by atoms with Crippen molar-refractivity contribution in [2.24, 2.45) is 0 Å². The molecule has 6 aromatic carbocycles. The molecule has 0 aliphatic carbocycles. The fourth-order valence-corrected chi connectivity index (χ4v) is 5.56. The molecule has 0 saturated heterocycles. The first-order chi connectivity index (χ1) is 23.7. The lowest BCUT2D eigenvalue weighted by molar-refractivity contribution is -0.136. The average Bonchev–Trinajstić information content (AvgIpc) is 3.12. The maximum Gasteiger partial charge on any atom is 0.318 e. The zero-order chi connectivity index (χ0) is 34.5. The highest BCUT2D eigenvalue weighted by Gasteiger charge is 2.20. The Bertz CT molecular complexity index is 2180. The van der Waals surface area contributed by atoms with Gasteiger partial charge in [-0.2, -0.15) is 0 Å². The lowest BCUT2D eigenvalue weighted by Gasteiger charge is -2.13. The van der Waals surface area contributed by atoms with Gasteiger partial charge in [0.25, 0.3) is 0 Å². The topological polar surface area (TPSA) is 91.3 Å². The molecule has 0 saturated carbocycles. The molecular weight excluding hydrogens is 616 g/mol. The lowest BCUT2D eigenvalue weighted by atomic mass is 9.98. The van der Waals surface area contributed by atoms with Crippen molar-refractivity contribution in [3.8, 4) is 28.7 Å². The van der Waals surface area contributed by atoms with Gasteiger partial charge in [0.05, 0.1) is 26.1 Å². The number of ether oxygens (including phenoxy) is 4. The van der Waals surface area contributed by atoms with Gasteiger partial charge in [0, 0.05) is 6.07 Å². The van der Waals surface area contributed by atoms with Gasteiger partial charge in [0.1, 0.15) is 28.7 Å². The smallest absolute Gasteiger partial charge is 0.318 e. The van der Waals surface area contributed by atoms with Crippen LogP contribution in [-0.2, 0) is 9.59 Å². The van der Waals surface area contributed by atoms with Crippen LogP contribution < -0.4 is 18.9 Å². The molecule has 49 heavy (non-hydrogen) atoms. The summed E-state index contributed by atoms with van der Waals surface area (Å²) in [6.45, 7) is 3.62. The first-order valence-electron chi connectivity index (χ1n) is 15.9. The highest BCUT2D eigenvalue weighted by atomic mass is 16.5. The molecule has 2 atom stereocenters. The third-order valence-corrected chi connectivity index (χ3v) is 8.55. The van der Waals surface area contributed by atoms with E-state index >= 15 is 0 Å². The maximum absolute atomic E-state index is 13.1. The normalized spacial score (nSPS) is 12.5. The molecule has 0 aliphatic rings. The van der Waals surface area contributed by atoms with Crippen LogP contribution in [0.1, 0.15) is 47.9 Å². The van der Waals surface area contributed by atoms with Gasteiger partial charge < -0.3 is 24.1 Å². The van der Waals surface area contributed by atoms with Crippen LogP contribution in [0.3, 0.4) is 0 Å². The minimum Gasteiger partial charge on any atom is -0.508 e. The van der Waals surface area contributed by atoms with E-state index in [-0.39, 0.29) is 17.5 Å². The first-order valence-corrected chi connectivity index (χ1v) is 15.9. The van der Waals surface area contributed by atoms with Gasteiger partial charge in [-0.1, -0.05) is 72.8 Å². The Kier molecular flexibility index (Phi) is 9.62. The molecule has 1 N–H and O–H groups in total. The monoisotopic (exact) mass is 652 g/mol. The Balaban J connectivity index is 1.07. The largest absolute Gasteiger partial charge is 0.508 e. The minimum atomic E-state index is -0.527. The quantitative estimate of drug-likeness (QED) is 0.0896. The number of carbonyl (C=O) groups is 2. The summed E-state index contributed by atoms with van der Waals surface area (Å²) in [6.07, 6.45) is 3.65. The predicted molar refractivity (Wildman–Crippen MR) is 193 cm³/mol. The SMILES string of the molecule is COc1ccc2cc(C(C)C(=O)Oc3ccc(C=Cc4cc(O)cc(OC(=O)C(C)c5ccc6cc(OC)ccc6c5)c4)cc3)ccc2c1. The molecular formula is C42H36O7. The Morgan fingerprint density at radius 2 is 0.959 bits per heavy atom. The van der Waals surface area contributed by atoms with Crippen molar-refractivity contribution in [1.82, 2.24) is 0 Å². The van der Waals surface area contributed by atoms with Crippen molar-refractivity contribution in [2.45, 2.75) is 25.7 Å². The van der Waals surface area contributed by atoms with E-state index in [1.54, 1.807) is 51.5 Å². The minimum absolute atomic E-state index is 0.0280. The highest BCUT2D eigenvalue weighted by molar-refractivity contribution is 5.88. The predicted octanol–water partition coefficient (Wildman–Crippen LogP) is 9.30. The Hall–Kier alpha value is -6.08. The van der Waals surface area contributed by atoms with Crippen LogP contribution >= 0.6 is 0 Å². The van der Waals surface area contributed by atoms with Crippen LogP contribution in [0.2, 0.25) is 0 Å². The Morgan fingerprint density at radius 3 is 1.49 bits per heavy atom. The van der Waals surface area contributed by atoms with Gasteiger partial charge in [0.2, 0.25) is 0 Å². The second kappa shape index (κ2) is 14.4. The van der Waals surface area contributed by atoms with Gasteiger partial charge in [-0.3, -0.25) is 9.59 Å². The van der Waals surface area contributed by atoms with Crippen LogP contribution in [0.4, 0.5) is 0 Å². The molecule has 7 heteroatoms. The molecule has 0 fully saturated rings. The number of carbonyl (C=O) groups excluding carboxylic acids is 2. The number of benzene rings is 6. The van der Waals surface area contributed by atoms with Crippen molar-refractivity contribution in [3.63, 3.8) is 0 Å². The number of fused-ring (bicyclic) bond motifs is 2. The van der Waals surface area contributed by atoms with E-state index < -0.39 is 17.8 Å². The van der Waals surface area contributed by atoms with Gasteiger partial charge >= 0.3 is 11.9 Å². The number of hydrogen-bond donors (Lipinski definition) is 1. The van der Waals surface area contributed by atoms with E-state index in [4.69, 9.17) is 18.9 Å². The van der Waals surface area contributed by atoms with Crippen molar-refractivity contribution in [1.29, 1.82) is 0 Å². The fourth-order valence-electron chi connectivity index (χ4n) is 5.56. The van der Waals surface area contributed by atoms with Crippen LogP contribution in [0.5, 0.6) is 28.7 Å². The molecule has 0 aliphatic heterocycles. The molecule has 0 spiro atoms. The molecule has 7 nitrogen and oxygen atoms in total. The lowest BCUT2D eigenvalue weighted by Crippen LogP contribution is -2.16. The molecule has 2 unspecified atom stereocenters. The average molecular weight is 653 g/mol. The van der Waals surface area contributed by atoms with Gasteiger partial charge in [-0.15, -0.1) is 0 Å². The highest BCUT2D eigenvalue weighted by Crippen LogP contribution is 2.30. The maximum atomic E-state index is 13.1. The van der Waals surface area contributed by atoms with Crippen LogP contribution in [0.25, 0.3) is 33.7 Å². The number of phenolic OH excluding ortho intramolecular Hbond substituents is 1. The van der Waals surface area contributed by atoms with Crippen LogP contribution in [0, 0.1) is 0 Å². The van der Waals surface area contributed by atoms with Gasteiger partial charge in [-0.25, -0.2) is 0 Å². The van der Waals surface area contributed by atoms with E-state index in [2.05, 4.69) is 0 Å². The molecule has 0 heterocycles. The van der Waals surface area contributed by atoms with Crippen LogP contribution in [-0.4, -0.2) is 31.3 Å². The van der Waals surface area contributed by atoms with Crippen LogP contribution in [0.15, 0.2) is 115 Å². The number of methoxy groups -OCH3 is 2. The summed E-state index contributed by atoms with van der Waals surface area (Å²) in [5.41, 5.74) is 3.18. The molecule has 0 amide bonds. The standard InChI is InChI=1S/C42H36O7/c1-26(30-9-11-34-23-38(46-3)17-13-32(34)21-30)41(44)48-37-15-7-28(8-16-37)5-6-29-19-36(43)25-40(20-29)49-42(45)27(2)31-10-12-35-24-39(47-4)18-14-33(35)22-31/h5-27,43H,1-4H3. The van der Waals surface area contributed by atoms with Gasteiger partial charge in [-0.05, 0) is 106 Å². The van der Waals surface area contributed by atoms with E-state index in [9.17, 15) is 14.7 Å². The summed E-state index contributed by atoms with van der Waals surface area (Å²) in [4.78, 5) is 26.0. The summed E-state index contributed by atoms with van der Waals surface area (Å²) < 4.78 is 22.0. The second-order valence-electron chi connectivity index (χ2n) is 11.9. The number of hydrogen-bond acceptors (Lipinski definition) is 7. The Morgan fingerprint density at radius 1 is 0.510 bits per heavy atom. The van der Waals surface area contributed by atoms with Gasteiger partial charge in [0.15, 0.2) is 0 Å². The fraction of sp³-hybridized carbons (Fsp3) is 0.143. The third kappa shape index (κ3) is 7.74. The number of esters is 2. The number of phenols is 1. The van der Waals surface area contributed by atoms with E-state index in [0.717, 1.165) is 49.7 Å². The summed E-state index contributed by atoms with van der Waals surface area (Å²) in [6, 6.07) is 35.1. The van der Waals surface area contributed by atoms with E-state index in [1.165, 1.54) is 6.07 Å². The molecule has 0 bridgehead atoms. The molecule has 0 radical (unpaired) electrons. The molecule has 6 rings (SSSR count). The zero-order valence-corrected chi connectivity index (χ0v) is 27.7. The molecule has 0 aromatic heterocycles. The summed E-state index contributed by atoms with van der Waals surface area (Å²) in [7, 11) is 3.26. The third-order valence-electron chi connectivity index (χ3n) is 8.55. The van der Waals surface area contributed by atoms with Crippen molar-refractivity contribution < 1.29 is 33.6 Å². The van der Waals surface area contributed by atoms with Crippen molar-refractivity contribution >= 4 is 45.6 Å². The number of rotatable bonds is 10. The van der Waals surface area contributed by atoms with Crippen molar-refractivity contribution in [3.05, 3.63) is 138 Å². The molecule has 246 valence electrons. The van der Waals surface area contributed by atoms with Crippen molar-refractivity contribution in [2.75, 3.05) is 14.2 Å². The number of aromatic hydroxyl groups is 1. The zero-order valence-electron chi connectivity index (χ0n) is 27.7. The van der Waals surface area contributed by atoms with E-state index in [0.29, 0.717) is 11.3 Å². The second-order valence-corrected chi connectivity index (χ2v) is 11.9. The molecule has 6 aromatic rings. The summed E-state index contributed by atoms with van der Waals surface area (Å²) in [5.74, 6) is 0.424.